The van der Waals surface area contributed by atoms with Gasteiger partial charge < -0.3 is 9.64 Å². The number of aromatic nitrogens is 3. The van der Waals surface area contributed by atoms with Crippen LogP contribution in [-0.2, 0) is 11.3 Å². The summed E-state index contributed by atoms with van der Waals surface area (Å²) in [4.78, 5) is 34.6. The number of likely N-dealkylation sites (tertiary alicyclic amines) is 1. The summed E-state index contributed by atoms with van der Waals surface area (Å²) in [6.45, 7) is 4.62. The highest BCUT2D eigenvalue weighted by Gasteiger charge is 2.28. The van der Waals surface area contributed by atoms with E-state index < -0.39 is 0 Å². The number of aryl methyl sites for hydroxylation is 1. The van der Waals surface area contributed by atoms with Gasteiger partial charge in [-0.05, 0) is 19.9 Å². The first-order valence-electron chi connectivity index (χ1n) is 7.92. The molecular weight excluding hydrogens is 308 g/mol. The Morgan fingerprint density at radius 1 is 1.33 bits per heavy atom. The summed E-state index contributed by atoms with van der Waals surface area (Å²) >= 11 is 0. The molecule has 2 aromatic rings. The zero-order valence-corrected chi connectivity index (χ0v) is 13.8. The number of carbonyl (C=O) groups is 1. The molecule has 126 valence electrons. The van der Waals surface area contributed by atoms with Crippen molar-refractivity contribution in [3.63, 3.8) is 0 Å². The van der Waals surface area contributed by atoms with E-state index in [1.54, 1.807) is 31.0 Å². The van der Waals surface area contributed by atoms with Crippen LogP contribution in [0.2, 0.25) is 0 Å². The summed E-state index contributed by atoms with van der Waals surface area (Å²) in [5, 5.41) is 0. The highest BCUT2D eigenvalue weighted by molar-refractivity contribution is 5.76. The molecule has 0 radical (unpaired) electrons. The van der Waals surface area contributed by atoms with Gasteiger partial charge >= 0.3 is 0 Å². The largest absolute Gasteiger partial charge is 0.472 e. The maximum Gasteiger partial charge on any atom is 0.256 e. The zero-order chi connectivity index (χ0) is 17.1. The lowest BCUT2D eigenvalue weighted by Gasteiger charge is -2.17. The summed E-state index contributed by atoms with van der Waals surface area (Å²) in [5.74, 6) is 0.459. The molecule has 24 heavy (non-hydrogen) atoms. The van der Waals surface area contributed by atoms with Crippen molar-refractivity contribution in [1.82, 2.24) is 19.4 Å². The standard InChI is InChI=1S/C17H20N4O3/c1-12-13(2)19-11-21(17(12)23)10-16(22)20-8-6-14(9-20)24-15-5-3-4-7-18-15/h3-5,7,11,14H,6,8-10H2,1-2H3. The van der Waals surface area contributed by atoms with Gasteiger partial charge in [0.1, 0.15) is 12.6 Å². The van der Waals surface area contributed by atoms with E-state index >= 15 is 0 Å². The second-order valence-electron chi connectivity index (χ2n) is 5.92. The van der Waals surface area contributed by atoms with Crippen LogP contribution >= 0.6 is 0 Å². The molecule has 1 atom stereocenters. The summed E-state index contributed by atoms with van der Waals surface area (Å²) in [7, 11) is 0. The quantitative estimate of drug-likeness (QED) is 0.834. The third-order valence-electron chi connectivity index (χ3n) is 4.24. The van der Waals surface area contributed by atoms with Crippen LogP contribution in [0, 0.1) is 13.8 Å². The topological polar surface area (TPSA) is 77.3 Å². The van der Waals surface area contributed by atoms with Gasteiger partial charge in [0.05, 0.1) is 12.9 Å². The predicted molar refractivity (Wildman–Crippen MR) is 87.8 cm³/mol. The minimum Gasteiger partial charge on any atom is -0.472 e. The number of rotatable bonds is 4. The summed E-state index contributed by atoms with van der Waals surface area (Å²) in [6, 6.07) is 5.48. The van der Waals surface area contributed by atoms with Crippen molar-refractivity contribution >= 4 is 5.91 Å². The van der Waals surface area contributed by atoms with E-state index in [1.165, 1.54) is 10.9 Å². The number of nitrogens with zero attached hydrogens (tertiary/aromatic N) is 4. The van der Waals surface area contributed by atoms with Gasteiger partial charge in [-0.25, -0.2) is 9.97 Å². The maximum atomic E-state index is 12.4. The maximum absolute atomic E-state index is 12.4. The van der Waals surface area contributed by atoms with E-state index in [0.29, 0.717) is 30.2 Å². The molecule has 0 N–H and O–H groups in total. The van der Waals surface area contributed by atoms with Crippen molar-refractivity contribution in [2.75, 3.05) is 13.1 Å². The molecule has 1 aliphatic rings. The first-order valence-corrected chi connectivity index (χ1v) is 7.92. The number of hydrogen-bond acceptors (Lipinski definition) is 5. The molecule has 1 saturated heterocycles. The lowest BCUT2D eigenvalue weighted by molar-refractivity contribution is -0.131. The molecule has 1 fully saturated rings. The van der Waals surface area contributed by atoms with Crippen LogP contribution < -0.4 is 10.3 Å². The van der Waals surface area contributed by atoms with Crippen LogP contribution in [0.15, 0.2) is 35.5 Å². The Balaban J connectivity index is 1.61. The Bertz CT molecular complexity index is 788. The van der Waals surface area contributed by atoms with E-state index in [0.717, 1.165) is 6.42 Å². The molecule has 0 aromatic carbocycles. The van der Waals surface area contributed by atoms with Crippen molar-refractivity contribution in [2.45, 2.75) is 32.9 Å². The van der Waals surface area contributed by atoms with Crippen LogP contribution in [0.1, 0.15) is 17.7 Å². The second-order valence-corrected chi connectivity index (χ2v) is 5.92. The minimum absolute atomic E-state index is 0.00323. The fourth-order valence-corrected chi connectivity index (χ4v) is 2.67. The molecule has 3 rings (SSSR count). The third-order valence-corrected chi connectivity index (χ3v) is 4.24. The fraction of sp³-hybridized carbons (Fsp3) is 0.412. The van der Waals surface area contributed by atoms with Crippen LogP contribution in [0.4, 0.5) is 0 Å². The molecule has 0 spiro atoms. The van der Waals surface area contributed by atoms with E-state index in [2.05, 4.69) is 9.97 Å². The summed E-state index contributed by atoms with van der Waals surface area (Å²) in [6.07, 6.45) is 3.79. The molecule has 1 unspecified atom stereocenters. The Morgan fingerprint density at radius 3 is 2.92 bits per heavy atom. The highest BCUT2D eigenvalue weighted by atomic mass is 16.5. The Kier molecular flexibility index (Phi) is 4.59. The van der Waals surface area contributed by atoms with Gasteiger partial charge in [0.25, 0.3) is 5.56 Å². The fourth-order valence-electron chi connectivity index (χ4n) is 2.67. The number of ether oxygens (including phenoxy) is 1. The predicted octanol–water partition coefficient (Wildman–Crippen LogP) is 0.935. The van der Waals surface area contributed by atoms with Gasteiger partial charge in [-0.1, -0.05) is 6.07 Å². The van der Waals surface area contributed by atoms with Crippen LogP contribution in [0.5, 0.6) is 5.88 Å². The Morgan fingerprint density at radius 2 is 2.17 bits per heavy atom. The third kappa shape index (κ3) is 3.45. The van der Waals surface area contributed by atoms with Gasteiger partial charge in [0, 0.05) is 36.5 Å². The number of carbonyl (C=O) groups excluding carboxylic acids is 1. The number of pyridine rings is 1. The number of amides is 1. The van der Waals surface area contributed by atoms with Crippen LogP contribution in [0.3, 0.4) is 0 Å². The average Bonchev–Trinajstić information content (AvgIpc) is 3.05. The van der Waals surface area contributed by atoms with Crippen molar-refractivity contribution in [1.29, 1.82) is 0 Å². The van der Waals surface area contributed by atoms with E-state index in [1.807, 2.05) is 12.1 Å². The lowest BCUT2D eigenvalue weighted by Crippen LogP contribution is -2.36. The molecule has 2 aromatic heterocycles. The van der Waals surface area contributed by atoms with E-state index in [-0.39, 0.29) is 24.1 Å². The molecule has 7 heteroatoms. The lowest BCUT2D eigenvalue weighted by atomic mass is 10.3. The molecule has 0 saturated carbocycles. The van der Waals surface area contributed by atoms with E-state index in [4.69, 9.17) is 4.74 Å². The van der Waals surface area contributed by atoms with Crippen LogP contribution in [-0.4, -0.2) is 44.5 Å². The highest BCUT2D eigenvalue weighted by Crippen LogP contribution is 2.16. The smallest absolute Gasteiger partial charge is 0.256 e. The Labute approximate surface area is 139 Å². The first kappa shape index (κ1) is 16.2. The van der Waals surface area contributed by atoms with Gasteiger partial charge in [-0.2, -0.15) is 0 Å². The number of hydrogen-bond donors (Lipinski definition) is 0. The van der Waals surface area contributed by atoms with Crippen molar-refractivity contribution < 1.29 is 9.53 Å². The second kappa shape index (κ2) is 6.82. The molecule has 1 aliphatic heterocycles. The molecule has 0 aliphatic carbocycles. The van der Waals surface area contributed by atoms with Crippen LogP contribution in [0.25, 0.3) is 0 Å². The average molecular weight is 328 g/mol. The minimum atomic E-state index is -0.170. The van der Waals surface area contributed by atoms with Gasteiger partial charge in [-0.3, -0.25) is 14.2 Å². The Hall–Kier alpha value is -2.70. The summed E-state index contributed by atoms with van der Waals surface area (Å²) in [5.41, 5.74) is 1.09. The van der Waals surface area contributed by atoms with Crippen molar-refractivity contribution in [3.05, 3.63) is 52.3 Å². The zero-order valence-electron chi connectivity index (χ0n) is 13.8. The normalized spacial score (nSPS) is 17.1. The molecule has 7 nitrogen and oxygen atoms in total. The van der Waals surface area contributed by atoms with Crippen molar-refractivity contribution in [2.24, 2.45) is 0 Å². The van der Waals surface area contributed by atoms with E-state index in [9.17, 15) is 9.59 Å². The summed E-state index contributed by atoms with van der Waals surface area (Å²) < 4.78 is 7.14. The van der Waals surface area contributed by atoms with Crippen molar-refractivity contribution in [3.8, 4) is 5.88 Å². The SMILES string of the molecule is Cc1ncn(CC(=O)N2CCC(Oc3ccccn3)C2)c(=O)c1C. The monoisotopic (exact) mass is 328 g/mol. The van der Waals surface area contributed by atoms with Gasteiger partial charge in [-0.15, -0.1) is 0 Å². The molecule has 3 heterocycles. The first-order chi connectivity index (χ1) is 11.5. The molecular formula is C17H20N4O3. The molecule has 0 bridgehead atoms. The van der Waals surface area contributed by atoms with Gasteiger partial charge in [0.2, 0.25) is 11.8 Å². The van der Waals surface area contributed by atoms with Gasteiger partial charge in [0.15, 0.2) is 0 Å². The molecule has 1 amide bonds.